The van der Waals surface area contributed by atoms with Gasteiger partial charge in [0.1, 0.15) is 0 Å². The summed E-state index contributed by atoms with van der Waals surface area (Å²) in [4.78, 5) is 13.1. The Morgan fingerprint density at radius 1 is 0.906 bits per heavy atom. The van der Waals surface area contributed by atoms with Crippen LogP contribution in [0.15, 0.2) is 66.7 Å². The predicted octanol–water partition coefficient (Wildman–Crippen LogP) is 6.85. The molecule has 0 radical (unpaired) electrons. The molecule has 0 spiro atoms. The Kier molecular flexibility index (Phi) is 4.60. The summed E-state index contributed by atoms with van der Waals surface area (Å²) in [5, 5.41) is 6.97. The molecule has 0 unspecified atom stereocenters. The van der Waals surface area contributed by atoms with Crippen molar-refractivity contribution in [3.8, 4) is 0 Å². The minimum Gasteiger partial charge on any atom is -0.378 e. The molecule has 32 heavy (non-hydrogen) atoms. The molecule has 1 amide bonds. The summed E-state index contributed by atoms with van der Waals surface area (Å²) < 4.78 is 0. The summed E-state index contributed by atoms with van der Waals surface area (Å²) in [5.41, 5.74) is 7.97. The molecule has 0 saturated heterocycles. The lowest BCUT2D eigenvalue weighted by molar-refractivity contribution is 0.102. The average Bonchev–Trinajstić information content (AvgIpc) is 3.44. The zero-order valence-corrected chi connectivity index (χ0v) is 18.8. The van der Waals surface area contributed by atoms with E-state index in [2.05, 4.69) is 73.0 Å². The Morgan fingerprint density at radius 3 is 2.53 bits per heavy atom. The van der Waals surface area contributed by atoms with Crippen molar-refractivity contribution in [3.05, 3.63) is 94.5 Å². The molecule has 6 rings (SSSR count). The van der Waals surface area contributed by atoms with E-state index in [0.29, 0.717) is 17.9 Å². The van der Waals surface area contributed by atoms with Crippen LogP contribution in [0.5, 0.6) is 0 Å². The lowest BCUT2D eigenvalue weighted by Crippen LogP contribution is -2.35. The van der Waals surface area contributed by atoms with Crippen molar-refractivity contribution in [3.63, 3.8) is 0 Å². The van der Waals surface area contributed by atoms with Crippen molar-refractivity contribution in [1.29, 1.82) is 0 Å². The first-order valence-corrected chi connectivity index (χ1v) is 11.9. The molecule has 2 saturated carbocycles. The maximum absolute atomic E-state index is 13.1. The summed E-state index contributed by atoms with van der Waals surface area (Å²) in [5.74, 6) is 2.66. The summed E-state index contributed by atoms with van der Waals surface area (Å²) in [7, 11) is 0. The monoisotopic (exact) mass is 422 g/mol. The normalized spacial score (nSPS) is 27.4. The number of rotatable bonds is 3. The van der Waals surface area contributed by atoms with Gasteiger partial charge in [-0.3, -0.25) is 4.79 Å². The van der Waals surface area contributed by atoms with Gasteiger partial charge in [0.2, 0.25) is 0 Å². The number of carbonyl (C=O) groups excluding carboxylic acids is 1. The minimum absolute atomic E-state index is 0.0269. The van der Waals surface area contributed by atoms with E-state index in [9.17, 15) is 4.79 Å². The van der Waals surface area contributed by atoms with Gasteiger partial charge in [0.25, 0.3) is 5.91 Å². The van der Waals surface area contributed by atoms with Gasteiger partial charge in [-0.05, 0) is 109 Å². The highest BCUT2D eigenvalue weighted by Crippen LogP contribution is 2.63. The van der Waals surface area contributed by atoms with E-state index in [0.717, 1.165) is 23.1 Å². The third kappa shape index (κ3) is 3.14. The number of benzene rings is 3. The standard InChI is InChI=1S/C29H30N2O/c1-17-8-12-23(14-18(17)2)30-29(32)22-11-13-25-24(16-22)26-20-9-10-21(15-20)27(26)28(31-25)19-6-4-3-5-7-19/h3-8,11-14,16,20-21,26-28,31H,9-10,15H2,1-2H3,(H,30,32)/t20-,21+,26-,27-,28+/m0/s1. The Balaban J connectivity index is 1.34. The highest BCUT2D eigenvalue weighted by molar-refractivity contribution is 6.04. The van der Waals surface area contributed by atoms with Gasteiger partial charge in [-0.25, -0.2) is 0 Å². The molecule has 2 aliphatic carbocycles. The molecule has 3 nitrogen and oxygen atoms in total. The van der Waals surface area contributed by atoms with Crippen LogP contribution in [0.1, 0.15) is 63.8 Å². The van der Waals surface area contributed by atoms with Gasteiger partial charge < -0.3 is 10.6 Å². The van der Waals surface area contributed by atoms with Crippen molar-refractivity contribution in [2.75, 3.05) is 10.6 Å². The summed E-state index contributed by atoms with van der Waals surface area (Å²) in [6.45, 7) is 4.17. The van der Waals surface area contributed by atoms with E-state index < -0.39 is 0 Å². The van der Waals surface area contributed by atoms with Gasteiger partial charge in [-0.15, -0.1) is 0 Å². The molecule has 1 aliphatic heterocycles. The van der Waals surface area contributed by atoms with Crippen molar-refractivity contribution in [2.24, 2.45) is 17.8 Å². The molecule has 2 fully saturated rings. The van der Waals surface area contributed by atoms with Gasteiger partial charge in [0.15, 0.2) is 0 Å². The van der Waals surface area contributed by atoms with Crippen LogP contribution in [-0.4, -0.2) is 5.91 Å². The van der Waals surface area contributed by atoms with Crippen LogP contribution in [0.3, 0.4) is 0 Å². The summed E-state index contributed by atoms with van der Waals surface area (Å²) >= 11 is 0. The van der Waals surface area contributed by atoms with Crippen LogP contribution in [0.4, 0.5) is 11.4 Å². The van der Waals surface area contributed by atoms with Gasteiger partial charge in [0, 0.05) is 16.9 Å². The highest BCUT2D eigenvalue weighted by Gasteiger charge is 2.53. The average molecular weight is 423 g/mol. The first-order chi connectivity index (χ1) is 15.6. The maximum Gasteiger partial charge on any atom is 0.255 e. The van der Waals surface area contributed by atoms with Crippen molar-refractivity contribution in [1.82, 2.24) is 0 Å². The fourth-order valence-electron chi connectivity index (χ4n) is 6.64. The van der Waals surface area contributed by atoms with Gasteiger partial charge in [-0.2, -0.15) is 0 Å². The molecule has 3 aromatic carbocycles. The van der Waals surface area contributed by atoms with Gasteiger partial charge in [-0.1, -0.05) is 36.4 Å². The molecular weight excluding hydrogens is 392 g/mol. The highest BCUT2D eigenvalue weighted by atomic mass is 16.1. The fourth-order valence-corrected chi connectivity index (χ4v) is 6.64. The van der Waals surface area contributed by atoms with E-state index in [1.165, 1.54) is 47.2 Å². The number of carbonyl (C=O) groups is 1. The van der Waals surface area contributed by atoms with Crippen LogP contribution in [0.2, 0.25) is 0 Å². The number of nitrogens with one attached hydrogen (secondary N) is 2. The smallest absolute Gasteiger partial charge is 0.255 e. The summed E-state index contributed by atoms with van der Waals surface area (Å²) in [6.07, 6.45) is 4.00. The van der Waals surface area contributed by atoms with E-state index >= 15 is 0 Å². The number of hydrogen-bond donors (Lipinski definition) is 2. The second-order valence-electron chi connectivity index (χ2n) is 10.0. The molecule has 2 N–H and O–H groups in total. The van der Waals surface area contributed by atoms with Crippen molar-refractivity contribution in [2.45, 2.75) is 45.1 Å². The van der Waals surface area contributed by atoms with Crippen LogP contribution in [0, 0.1) is 31.6 Å². The van der Waals surface area contributed by atoms with E-state index in [1.54, 1.807) is 0 Å². The van der Waals surface area contributed by atoms with Crippen LogP contribution >= 0.6 is 0 Å². The largest absolute Gasteiger partial charge is 0.378 e. The lowest BCUT2D eigenvalue weighted by atomic mass is 9.68. The first-order valence-electron chi connectivity index (χ1n) is 11.9. The van der Waals surface area contributed by atoms with E-state index in [-0.39, 0.29) is 5.91 Å². The maximum atomic E-state index is 13.1. The van der Waals surface area contributed by atoms with Crippen LogP contribution in [0.25, 0.3) is 0 Å². The molecule has 2 bridgehead atoms. The second kappa shape index (κ2) is 7.51. The second-order valence-corrected chi connectivity index (χ2v) is 10.0. The SMILES string of the molecule is Cc1ccc(NC(=O)c2ccc3c(c2)[C@@H]2[C@H]4CC[C@H](C4)[C@@H]2[C@@H](c2ccccc2)N3)cc1C. The number of amides is 1. The number of aryl methyl sites for hydroxylation is 2. The molecular formula is C29H30N2O. The third-order valence-corrected chi connectivity index (χ3v) is 8.27. The Morgan fingerprint density at radius 2 is 1.72 bits per heavy atom. The van der Waals surface area contributed by atoms with Crippen molar-refractivity contribution >= 4 is 17.3 Å². The lowest BCUT2D eigenvalue weighted by Gasteiger charge is -2.43. The fraction of sp³-hybridized carbons (Fsp3) is 0.345. The Labute approximate surface area is 190 Å². The topological polar surface area (TPSA) is 41.1 Å². The molecule has 5 atom stereocenters. The molecule has 3 aliphatic rings. The van der Waals surface area contributed by atoms with Crippen molar-refractivity contribution < 1.29 is 4.79 Å². The molecule has 1 heterocycles. The predicted molar refractivity (Wildman–Crippen MR) is 130 cm³/mol. The first kappa shape index (κ1) is 19.6. The Bertz CT molecular complexity index is 1190. The molecule has 3 heteroatoms. The van der Waals surface area contributed by atoms with E-state index in [1.807, 2.05) is 18.2 Å². The van der Waals surface area contributed by atoms with Gasteiger partial charge >= 0.3 is 0 Å². The Hall–Kier alpha value is -3.07. The number of fused-ring (bicyclic) bond motifs is 7. The third-order valence-electron chi connectivity index (χ3n) is 8.27. The number of hydrogen-bond acceptors (Lipinski definition) is 2. The molecule has 0 aromatic heterocycles. The molecule has 3 aromatic rings. The van der Waals surface area contributed by atoms with Crippen LogP contribution in [-0.2, 0) is 0 Å². The quantitative estimate of drug-likeness (QED) is 0.484. The molecule has 162 valence electrons. The zero-order valence-electron chi connectivity index (χ0n) is 18.8. The van der Waals surface area contributed by atoms with Gasteiger partial charge in [0.05, 0.1) is 6.04 Å². The number of anilines is 2. The minimum atomic E-state index is -0.0269. The van der Waals surface area contributed by atoms with E-state index in [4.69, 9.17) is 0 Å². The zero-order chi connectivity index (χ0) is 21.8. The summed E-state index contributed by atoms with van der Waals surface area (Å²) in [6, 6.07) is 23.6. The van der Waals surface area contributed by atoms with Crippen LogP contribution < -0.4 is 10.6 Å².